The summed E-state index contributed by atoms with van der Waals surface area (Å²) in [6.07, 6.45) is -3.48. The fourth-order valence-corrected chi connectivity index (χ4v) is 1.76. The van der Waals surface area contributed by atoms with Crippen molar-refractivity contribution < 1.29 is 17.9 Å². The third-order valence-corrected chi connectivity index (χ3v) is 2.96. The maximum Gasteiger partial charge on any atom is 0.416 e. The highest BCUT2D eigenvalue weighted by Crippen LogP contribution is 2.31. The van der Waals surface area contributed by atoms with Crippen LogP contribution in [0, 0.1) is 5.92 Å². The summed E-state index contributed by atoms with van der Waals surface area (Å²) in [7, 11) is 0. The summed E-state index contributed by atoms with van der Waals surface area (Å²) in [4.78, 5) is 0. The van der Waals surface area contributed by atoms with Crippen LogP contribution in [0.2, 0.25) is 0 Å². The summed E-state index contributed by atoms with van der Waals surface area (Å²) in [5, 5.41) is 3.23. The Morgan fingerprint density at radius 2 is 1.95 bits per heavy atom. The summed E-state index contributed by atoms with van der Waals surface area (Å²) in [5.74, 6) is 0.478. The van der Waals surface area contributed by atoms with E-state index >= 15 is 0 Å². The Bertz CT molecular complexity index is 404. The number of halogens is 3. The maximum absolute atomic E-state index is 12.6. The first-order valence-corrected chi connectivity index (χ1v) is 6.89. The molecule has 0 aliphatic rings. The quantitative estimate of drug-likeness (QED) is 0.763. The molecular formula is C15H22F3NO. The summed E-state index contributed by atoms with van der Waals surface area (Å²) < 4.78 is 43.6. The van der Waals surface area contributed by atoms with Crippen molar-refractivity contribution in [1.29, 1.82) is 0 Å². The van der Waals surface area contributed by atoms with Gasteiger partial charge in [0.15, 0.2) is 0 Å². The molecule has 0 spiro atoms. The standard InChI is InChI=1S/C15H22F3NO/c1-4-8-19-10-14(11(2)3)20-13-7-5-6-12(9-13)15(16,17)18/h5-7,9,11,14,19H,4,8,10H2,1-3H3. The first-order chi connectivity index (χ1) is 9.34. The highest BCUT2D eigenvalue weighted by molar-refractivity contribution is 5.30. The molecule has 1 aromatic carbocycles. The second-order valence-corrected chi connectivity index (χ2v) is 5.13. The van der Waals surface area contributed by atoms with E-state index in [2.05, 4.69) is 12.2 Å². The van der Waals surface area contributed by atoms with Crippen molar-refractivity contribution >= 4 is 0 Å². The molecule has 0 saturated heterocycles. The summed E-state index contributed by atoms with van der Waals surface area (Å²) in [5.41, 5.74) is -0.681. The van der Waals surface area contributed by atoms with Gasteiger partial charge in [0.2, 0.25) is 0 Å². The van der Waals surface area contributed by atoms with Gasteiger partial charge in [-0.1, -0.05) is 26.8 Å². The lowest BCUT2D eigenvalue weighted by molar-refractivity contribution is -0.137. The van der Waals surface area contributed by atoms with E-state index in [-0.39, 0.29) is 17.8 Å². The Balaban J connectivity index is 2.73. The molecule has 1 atom stereocenters. The van der Waals surface area contributed by atoms with E-state index in [1.807, 2.05) is 13.8 Å². The zero-order chi connectivity index (χ0) is 15.2. The molecular weight excluding hydrogens is 267 g/mol. The first-order valence-electron chi connectivity index (χ1n) is 6.89. The molecule has 1 N–H and O–H groups in total. The SMILES string of the molecule is CCCNCC(Oc1cccc(C(F)(F)F)c1)C(C)C. The largest absolute Gasteiger partial charge is 0.489 e. The highest BCUT2D eigenvalue weighted by Gasteiger charge is 2.30. The molecule has 0 heterocycles. The molecule has 20 heavy (non-hydrogen) atoms. The second-order valence-electron chi connectivity index (χ2n) is 5.13. The predicted octanol–water partition coefficient (Wildman–Crippen LogP) is 4.11. The maximum atomic E-state index is 12.6. The van der Waals surface area contributed by atoms with Gasteiger partial charge in [0.05, 0.1) is 5.56 Å². The smallest absolute Gasteiger partial charge is 0.416 e. The van der Waals surface area contributed by atoms with Gasteiger partial charge in [-0.2, -0.15) is 13.2 Å². The lowest BCUT2D eigenvalue weighted by Crippen LogP contribution is -2.35. The average molecular weight is 289 g/mol. The summed E-state index contributed by atoms with van der Waals surface area (Å²) >= 11 is 0. The molecule has 114 valence electrons. The van der Waals surface area contributed by atoms with Crippen molar-refractivity contribution in [3.8, 4) is 5.75 Å². The molecule has 0 fully saturated rings. The van der Waals surface area contributed by atoms with Crippen molar-refractivity contribution in [2.75, 3.05) is 13.1 Å². The van der Waals surface area contributed by atoms with Gasteiger partial charge >= 0.3 is 6.18 Å². The minimum absolute atomic E-state index is 0.148. The van der Waals surface area contributed by atoms with Crippen LogP contribution in [0.25, 0.3) is 0 Å². The Hall–Kier alpha value is -1.23. The molecule has 2 nitrogen and oxygen atoms in total. The van der Waals surface area contributed by atoms with Crippen LogP contribution < -0.4 is 10.1 Å². The third-order valence-electron chi connectivity index (χ3n) is 2.96. The summed E-state index contributed by atoms with van der Waals surface area (Å²) in [6.45, 7) is 7.54. The molecule has 1 aromatic rings. The zero-order valence-corrected chi connectivity index (χ0v) is 12.1. The van der Waals surface area contributed by atoms with Crippen molar-refractivity contribution in [3.05, 3.63) is 29.8 Å². The molecule has 0 saturated carbocycles. The van der Waals surface area contributed by atoms with Gasteiger partial charge in [-0.15, -0.1) is 0 Å². The number of hydrogen-bond donors (Lipinski definition) is 1. The van der Waals surface area contributed by atoms with E-state index in [0.29, 0.717) is 6.54 Å². The van der Waals surface area contributed by atoms with Crippen LogP contribution in [0.3, 0.4) is 0 Å². The van der Waals surface area contributed by atoms with Crippen LogP contribution in [-0.2, 0) is 6.18 Å². The molecule has 0 aliphatic heterocycles. The Kier molecular flexibility index (Phi) is 6.33. The third kappa shape index (κ3) is 5.41. The molecule has 5 heteroatoms. The number of ether oxygens (including phenoxy) is 1. The van der Waals surface area contributed by atoms with E-state index in [1.54, 1.807) is 6.07 Å². The van der Waals surface area contributed by atoms with Crippen LogP contribution >= 0.6 is 0 Å². The normalized spacial score (nSPS) is 13.6. The molecule has 1 rings (SSSR count). The minimum atomic E-state index is -4.34. The number of alkyl halides is 3. The zero-order valence-electron chi connectivity index (χ0n) is 12.1. The second kappa shape index (κ2) is 7.53. The van der Waals surface area contributed by atoms with Crippen molar-refractivity contribution in [2.45, 2.75) is 39.5 Å². The van der Waals surface area contributed by atoms with Gasteiger partial charge in [0.1, 0.15) is 11.9 Å². The fourth-order valence-electron chi connectivity index (χ4n) is 1.76. The van der Waals surface area contributed by atoms with Crippen molar-refractivity contribution in [2.24, 2.45) is 5.92 Å². The van der Waals surface area contributed by atoms with Crippen LogP contribution in [0.15, 0.2) is 24.3 Å². The van der Waals surface area contributed by atoms with Gasteiger partial charge in [-0.25, -0.2) is 0 Å². The Morgan fingerprint density at radius 1 is 1.25 bits per heavy atom. The number of rotatable bonds is 7. The fraction of sp³-hybridized carbons (Fsp3) is 0.600. The number of nitrogens with one attached hydrogen (secondary N) is 1. The van der Waals surface area contributed by atoms with Crippen LogP contribution in [-0.4, -0.2) is 19.2 Å². The van der Waals surface area contributed by atoms with E-state index in [1.165, 1.54) is 6.07 Å². The Labute approximate surface area is 118 Å². The monoisotopic (exact) mass is 289 g/mol. The van der Waals surface area contributed by atoms with Gasteiger partial charge in [-0.3, -0.25) is 0 Å². The molecule has 0 amide bonds. The van der Waals surface area contributed by atoms with E-state index in [9.17, 15) is 13.2 Å². The molecule has 0 aromatic heterocycles. The molecule has 1 unspecified atom stereocenters. The van der Waals surface area contributed by atoms with E-state index < -0.39 is 11.7 Å². The molecule has 0 radical (unpaired) electrons. The van der Waals surface area contributed by atoms with Gasteiger partial charge < -0.3 is 10.1 Å². The van der Waals surface area contributed by atoms with E-state index in [0.717, 1.165) is 25.1 Å². The van der Waals surface area contributed by atoms with Crippen LogP contribution in [0.5, 0.6) is 5.75 Å². The predicted molar refractivity (Wildman–Crippen MR) is 73.9 cm³/mol. The number of benzene rings is 1. The van der Waals surface area contributed by atoms with Crippen molar-refractivity contribution in [3.63, 3.8) is 0 Å². The highest BCUT2D eigenvalue weighted by atomic mass is 19.4. The van der Waals surface area contributed by atoms with Gasteiger partial charge in [0.25, 0.3) is 0 Å². The van der Waals surface area contributed by atoms with E-state index in [4.69, 9.17) is 4.74 Å². The lowest BCUT2D eigenvalue weighted by Gasteiger charge is -2.23. The molecule has 0 aliphatic carbocycles. The van der Waals surface area contributed by atoms with Crippen LogP contribution in [0.4, 0.5) is 13.2 Å². The first kappa shape index (κ1) is 16.8. The van der Waals surface area contributed by atoms with Gasteiger partial charge in [-0.05, 0) is 37.1 Å². The average Bonchev–Trinajstić information content (AvgIpc) is 2.37. The topological polar surface area (TPSA) is 21.3 Å². The Morgan fingerprint density at radius 3 is 2.50 bits per heavy atom. The molecule has 0 bridgehead atoms. The summed E-state index contributed by atoms with van der Waals surface area (Å²) in [6, 6.07) is 5.03. The van der Waals surface area contributed by atoms with Crippen LogP contribution in [0.1, 0.15) is 32.8 Å². The minimum Gasteiger partial charge on any atom is -0.489 e. The number of hydrogen-bond acceptors (Lipinski definition) is 2. The van der Waals surface area contributed by atoms with Gasteiger partial charge in [0, 0.05) is 6.54 Å². The lowest BCUT2D eigenvalue weighted by atomic mass is 10.1. The van der Waals surface area contributed by atoms with Crippen molar-refractivity contribution in [1.82, 2.24) is 5.32 Å².